The smallest absolute Gasteiger partial charge is 0.0568 e. The molecule has 0 heterocycles. The molecule has 0 saturated heterocycles. The molecular formula is C34H20. The molecule has 0 aliphatic rings. The van der Waals surface area contributed by atoms with Crippen molar-refractivity contribution in [2.24, 2.45) is 0 Å². The van der Waals surface area contributed by atoms with E-state index in [4.69, 9.17) is 0 Å². The van der Waals surface area contributed by atoms with Crippen molar-refractivity contribution in [1.29, 1.82) is 0 Å². The number of hydrogen-bond acceptors (Lipinski definition) is 0. The summed E-state index contributed by atoms with van der Waals surface area (Å²) in [5.41, 5.74) is 5.53. The van der Waals surface area contributed by atoms with Crippen LogP contribution >= 0.6 is 0 Å². The first-order valence-electron chi connectivity index (χ1n) is 11.1. The van der Waals surface area contributed by atoms with Crippen LogP contribution in [0.2, 0.25) is 0 Å². The minimum Gasteiger partial charge on any atom is -0.0622 e. The minimum absolute atomic E-state index is 0.856. The predicted molar refractivity (Wildman–Crippen MR) is 141 cm³/mol. The summed E-state index contributed by atoms with van der Waals surface area (Å²) in [6.45, 7) is 0. The van der Waals surface area contributed by atoms with Crippen LogP contribution in [-0.2, 0) is 0 Å². The van der Waals surface area contributed by atoms with Gasteiger partial charge in [-0.05, 0) is 53.2 Å². The summed E-state index contributed by atoms with van der Waals surface area (Å²) in [4.78, 5) is 0. The lowest BCUT2D eigenvalue weighted by molar-refractivity contribution is 1.57. The third-order valence-electron chi connectivity index (χ3n) is 5.38. The van der Waals surface area contributed by atoms with E-state index in [1.807, 2.05) is 103 Å². The second kappa shape index (κ2) is 10.1. The van der Waals surface area contributed by atoms with E-state index in [0.29, 0.717) is 0 Å². The molecule has 0 nitrogen and oxygen atoms in total. The van der Waals surface area contributed by atoms with E-state index in [0.717, 1.165) is 44.2 Å². The number of fused-ring (bicyclic) bond motifs is 1. The highest BCUT2D eigenvalue weighted by Crippen LogP contribution is 2.25. The Kier molecular flexibility index (Phi) is 6.22. The third-order valence-corrected chi connectivity index (χ3v) is 5.38. The van der Waals surface area contributed by atoms with Crippen LogP contribution in [0.3, 0.4) is 0 Å². The SMILES string of the molecule is C(#Cc1cc2ccccc2c(C#Cc2ccccc2)c1C#Cc1ccccc1)c1ccccc1. The van der Waals surface area contributed by atoms with E-state index in [2.05, 4.69) is 53.7 Å². The van der Waals surface area contributed by atoms with Crippen LogP contribution in [0.5, 0.6) is 0 Å². The maximum absolute atomic E-state index is 3.43. The minimum atomic E-state index is 0.856. The Balaban J connectivity index is 1.75. The first-order valence-corrected chi connectivity index (χ1v) is 11.1. The van der Waals surface area contributed by atoms with E-state index < -0.39 is 0 Å². The monoisotopic (exact) mass is 428 g/mol. The fraction of sp³-hybridized carbons (Fsp3) is 0. The van der Waals surface area contributed by atoms with Gasteiger partial charge in [0.15, 0.2) is 0 Å². The van der Waals surface area contributed by atoms with E-state index in [9.17, 15) is 0 Å². The molecule has 34 heavy (non-hydrogen) atoms. The molecule has 0 atom stereocenters. The van der Waals surface area contributed by atoms with Crippen molar-refractivity contribution in [3.8, 4) is 35.5 Å². The zero-order chi connectivity index (χ0) is 23.0. The van der Waals surface area contributed by atoms with Crippen LogP contribution in [0.25, 0.3) is 10.8 Å². The maximum Gasteiger partial charge on any atom is 0.0568 e. The Morgan fingerprint density at radius 2 is 0.794 bits per heavy atom. The molecule has 156 valence electrons. The lowest BCUT2D eigenvalue weighted by Crippen LogP contribution is -1.94. The van der Waals surface area contributed by atoms with Gasteiger partial charge in [0.25, 0.3) is 0 Å². The van der Waals surface area contributed by atoms with Crippen molar-refractivity contribution in [1.82, 2.24) is 0 Å². The molecule has 0 aromatic heterocycles. The predicted octanol–water partition coefficient (Wildman–Crippen LogP) is 7.04. The highest BCUT2D eigenvalue weighted by Gasteiger charge is 2.10. The fourth-order valence-electron chi connectivity index (χ4n) is 3.68. The van der Waals surface area contributed by atoms with Crippen molar-refractivity contribution in [2.45, 2.75) is 0 Å². The zero-order valence-corrected chi connectivity index (χ0v) is 18.5. The molecule has 0 unspecified atom stereocenters. The molecule has 0 saturated carbocycles. The lowest BCUT2D eigenvalue weighted by atomic mass is 9.94. The Morgan fingerprint density at radius 3 is 1.35 bits per heavy atom. The Hall–Kier alpha value is -4.96. The molecule has 0 aliphatic heterocycles. The summed E-state index contributed by atoms with van der Waals surface area (Å²) in [5, 5.41) is 2.18. The second-order valence-electron chi connectivity index (χ2n) is 7.74. The highest BCUT2D eigenvalue weighted by atomic mass is 14.1. The van der Waals surface area contributed by atoms with Crippen LogP contribution in [0.1, 0.15) is 33.4 Å². The molecule has 0 fully saturated rings. The average molecular weight is 429 g/mol. The summed E-state index contributed by atoms with van der Waals surface area (Å²) in [6, 6.07) is 40.5. The van der Waals surface area contributed by atoms with Crippen molar-refractivity contribution < 1.29 is 0 Å². The molecule has 0 amide bonds. The van der Waals surface area contributed by atoms with Crippen molar-refractivity contribution in [3.63, 3.8) is 0 Å². The van der Waals surface area contributed by atoms with Gasteiger partial charge in [0.1, 0.15) is 0 Å². The molecule has 0 bridgehead atoms. The van der Waals surface area contributed by atoms with Crippen LogP contribution in [0, 0.1) is 35.5 Å². The number of benzene rings is 5. The maximum atomic E-state index is 3.43. The van der Waals surface area contributed by atoms with Crippen LogP contribution in [-0.4, -0.2) is 0 Å². The first kappa shape index (κ1) is 20.9. The second-order valence-corrected chi connectivity index (χ2v) is 7.74. The van der Waals surface area contributed by atoms with Crippen LogP contribution in [0.4, 0.5) is 0 Å². The van der Waals surface area contributed by atoms with E-state index in [-0.39, 0.29) is 0 Å². The topological polar surface area (TPSA) is 0 Å². The Labute approximate surface area is 200 Å². The average Bonchev–Trinajstić information content (AvgIpc) is 2.91. The Morgan fingerprint density at radius 1 is 0.353 bits per heavy atom. The molecule has 0 spiro atoms. The van der Waals surface area contributed by atoms with Gasteiger partial charge in [0, 0.05) is 27.8 Å². The normalized spacial score (nSPS) is 9.65. The molecule has 0 heteroatoms. The summed E-state index contributed by atoms with van der Waals surface area (Å²) >= 11 is 0. The van der Waals surface area contributed by atoms with Gasteiger partial charge in [0.05, 0.1) is 5.56 Å². The highest BCUT2D eigenvalue weighted by molar-refractivity contribution is 5.92. The van der Waals surface area contributed by atoms with Crippen LogP contribution < -0.4 is 0 Å². The molecule has 5 aromatic rings. The molecule has 0 aliphatic carbocycles. The van der Waals surface area contributed by atoms with E-state index in [1.54, 1.807) is 0 Å². The summed E-state index contributed by atoms with van der Waals surface area (Å²) in [5.74, 6) is 20.2. The van der Waals surface area contributed by atoms with Gasteiger partial charge in [-0.3, -0.25) is 0 Å². The number of rotatable bonds is 0. The van der Waals surface area contributed by atoms with Crippen molar-refractivity contribution in [2.75, 3.05) is 0 Å². The summed E-state index contributed by atoms with van der Waals surface area (Å²) < 4.78 is 0. The molecule has 0 N–H and O–H groups in total. The van der Waals surface area contributed by atoms with Gasteiger partial charge in [-0.1, -0.05) is 114 Å². The summed E-state index contributed by atoms with van der Waals surface area (Å²) in [7, 11) is 0. The molecule has 5 aromatic carbocycles. The molecule has 0 radical (unpaired) electrons. The fourth-order valence-corrected chi connectivity index (χ4v) is 3.68. The van der Waals surface area contributed by atoms with Gasteiger partial charge in [-0.2, -0.15) is 0 Å². The largest absolute Gasteiger partial charge is 0.0622 e. The zero-order valence-electron chi connectivity index (χ0n) is 18.5. The van der Waals surface area contributed by atoms with Crippen LogP contribution in [0.15, 0.2) is 121 Å². The van der Waals surface area contributed by atoms with Gasteiger partial charge in [-0.15, -0.1) is 0 Å². The van der Waals surface area contributed by atoms with E-state index >= 15 is 0 Å². The Bertz CT molecular complexity index is 1620. The van der Waals surface area contributed by atoms with E-state index in [1.165, 1.54) is 0 Å². The van der Waals surface area contributed by atoms with Gasteiger partial charge >= 0.3 is 0 Å². The first-order chi connectivity index (χ1) is 16.9. The summed E-state index contributed by atoms with van der Waals surface area (Å²) in [6.07, 6.45) is 0. The molecule has 5 rings (SSSR count). The lowest BCUT2D eigenvalue weighted by Gasteiger charge is -2.07. The van der Waals surface area contributed by atoms with Crippen molar-refractivity contribution in [3.05, 3.63) is 155 Å². The molecular weight excluding hydrogens is 408 g/mol. The standard InChI is InChI=1S/C34H20/c1-4-12-27(13-5-1)20-23-31-26-30-18-10-11-19-32(30)34(25-22-29-16-8-3-9-17-29)33(31)24-21-28-14-6-2-7-15-28/h1-19,26H. The third kappa shape index (κ3) is 4.92. The quantitative estimate of drug-likeness (QED) is 0.232. The van der Waals surface area contributed by atoms with Gasteiger partial charge < -0.3 is 0 Å². The van der Waals surface area contributed by atoms with Crippen molar-refractivity contribution >= 4 is 10.8 Å². The number of hydrogen-bond donors (Lipinski definition) is 0. The van der Waals surface area contributed by atoms with Gasteiger partial charge in [-0.25, -0.2) is 0 Å². The van der Waals surface area contributed by atoms with Gasteiger partial charge in [0.2, 0.25) is 0 Å².